The van der Waals surface area contributed by atoms with E-state index < -0.39 is 138 Å². The third-order valence-corrected chi connectivity index (χ3v) is 19.7. The van der Waals surface area contributed by atoms with Gasteiger partial charge in [-0.1, -0.05) is 88.4 Å². The molecule has 0 saturated carbocycles. The van der Waals surface area contributed by atoms with Crippen LogP contribution in [0.15, 0.2) is 103 Å². The standard InChI is InChI=1S/C59H84N16O12.C20H28N2O5/c1-6-63-57(86)48-14-10-22-75(48)58(87)41(13-9-21-64-59(60)61)68-51(80)42(23-32(2)3)69-52(81)43(24-33(4)5)70-53(82)44(25-34-15-17-37(77)18-16-34)71-56(85)47(30-76)74-54(83)45(26-35-28-65-39-12-8-7-11-38(35)39)72-55(84)46(27-36-29-62-31-66-36)73-50(79)40-19-20-49(78)67-40;1-3-27-20(26)16(12-11-15-8-5-4-6-9-15)21-14(2)18(23)22-13-7-10-17(22)19(24)25/h7-8,11-12,15-18,28-29,31-33,40-48,65,76-77H,6,9-10,13-14,19-27,30H2,1-5H3,(H,62,66)(H,63,86)(H,67,78)(H,68,80)(H,69,81)(H,70,82)(H,71,85)(H,72,84)(H,73,79)(H,74,83)(H4,60,61,64);4-6,8-9,14,16-17,21H,3,7,10-13H2,1-2H3,(H,24,25)/t40-,41-,42-,43+,44-,45-,46-,47-,48-;14-,16-,17-/m00/s1. The van der Waals surface area contributed by atoms with Crippen LogP contribution >= 0.6 is 0 Å². The average Bonchev–Trinajstić information content (AvgIpc) is 1.67. The lowest BCUT2D eigenvalue weighted by Crippen LogP contribution is -2.61. The van der Waals surface area contributed by atoms with Gasteiger partial charge in [0.1, 0.15) is 72.2 Å². The van der Waals surface area contributed by atoms with Crippen LogP contribution in [0.4, 0.5) is 0 Å². The van der Waals surface area contributed by atoms with Crippen LogP contribution in [0.25, 0.3) is 10.9 Å². The van der Waals surface area contributed by atoms with Gasteiger partial charge in [-0.15, -0.1) is 0 Å². The molecule has 0 radical (unpaired) electrons. The zero-order valence-corrected chi connectivity index (χ0v) is 65.7. The molecule has 0 spiro atoms. The Hall–Kier alpha value is -11.5. The largest absolute Gasteiger partial charge is 0.508 e. The van der Waals surface area contributed by atoms with Crippen molar-refractivity contribution >= 4 is 93.8 Å². The van der Waals surface area contributed by atoms with Gasteiger partial charge in [0.15, 0.2) is 5.96 Å². The Morgan fingerprint density at radius 3 is 1.75 bits per heavy atom. The van der Waals surface area contributed by atoms with Crippen LogP contribution in [0.3, 0.4) is 0 Å². The first-order valence-electron chi connectivity index (χ1n) is 38.9. The first-order valence-corrected chi connectivity index (χ1v) is 38.9. The Morgan fingerprint density at radius 2 is 1.18 bits per heavy atom. The number of nitrogens with one attached hydrogen (secondary N) is 12. The number of aliphatic carboxylic acids is 1. The number of phenols is 1. The number of carboxylic acid groups (broad SMARTS) is 1. The zero-order chi connectivity index (χ0) is 83.1. The number of imidazole rings is 1. The lowest BCUT2D eigenvalue weighted by atomic mass is 9.98. The molecule has 0 bridgehead atoms. The third-order valence-electron chi connectivity index (χ3n) is 19.7. The summed E-state index contributed by atoms with van der Waals surface area (Å²) >= 11 is 0. The number of H-pyrrole nitrogens is 2. The van der Waals surface area contributed by atoms with Gasteiger partial charge in [0.25, 0.3) is 0 Å². The second-order valence-corrected chi connectivity index (χ2v) is 29.5. The molecule has 114 heavy (non-hydrogen) atoms. The quantitative estimate of drug-likeness (QED) is 0.0107. The predicted molar refractivity (Wildman–Crippen MR) is 420 cm³/mol. The number of aromatic amines is 2. The lowest BCUT2D eigenvalue weighted by molar-refractivity contribution is -0.150. The van der Waals surface area contributed by atoms with Crippen molar-refractivity contribution in [1.29, 1.82) is 0 Å². The minimum absolute atomic E-state index is 0.0397. The number of esters is 1. The highest BCUT2D eigenvalue weighted by Gasteiger charge is 2.42. The highest BCUT2D eigenvalue weighted by atomic mass is 16.5. The van der Waals surface area contributed by atoms with Gasteiger partial charge in [0.05, 0.1) is 25.6 Å². The number of phenolic OH excluding ortho intramolecular Hbond substituents is 1. The second-order valence-electron chi connectivity index (χ2n) is 29.5. The van der Waals surface area contributed by atoms with Crippen molar-refractivity contribution in [3.8, 4) is 5.75 Å². The molecule has 12 atom stereocenters. The number of amides is 11. The maximum absolute atomic E-state index is 14.7. The van der Waals surface area contributed by atoms with Gasteiger partial charge in [-0.25, -0.2) is 9.78 Å². The third kappa shape index (κ3) is 27.4. The number of aliphatic hydroxyl groups is 1. The van der Waals surface area contributed by atoms with Crippen molar-refractivity contribution in [3.05, 3.63) is 120 Å². The number of rotatable bonds is 41. The number of hydrogen-bond acceptors (Lipinski definition) is 19. The fourth-order valence-electron chi connectivity index (χ4n) is 13.9. The van der Waals surface area contributed by atoms with E-state index in [-0.39, 0.29) is 119 Å². The van der Waals surface area contributed by atoms with Crippen molar-refractivity contribution < 1.29 is 82.4 Å². The summed E-state index contributed by atoms with van der Waals surface area (Å²) in [4.78, 5) is 193. The van der Waals surface area contributed by atoms with Crippen molar-refractivity contribution in [2.24, 2.45) is 28.3 Å². The van der Waals surface area contributed by atoms with E-state index in [0.29, 0.717) is 73.8 Å². The number of aromatic nitrogens is 3. The second kappa shape index (κ2) is 44.7. The zero-order valence-electron chi connectivity index (χ0n) is 65.7. The molecule has 620 valence electrons. The van der Waals surface area contributed by atoms with E-state index in [4.69, 9.17) is 16.2 Å². The number of aromatic hydroxyl groups is 1. The summed E-state index contributed by atoms with van der Waals surface area (Å²) in [7, 11) is 0. The summed E-state index contributed by atoms with van der Waals surface area (Å²) in [6.45, 7) is 12.9. The maximum Gasteiger partial charge on any atom is 0.326 e. The van der Waals surface area contributed by atoms with Crippen molar-refractivity contribution in [3.63, 3.8) is 0 Å². The Bertz CT molecular complexity index is 4100. The number of carbonyl (C=O) groups excluding carboxylic acids is 12. The number of para-hydroxylation sites is 1. The molecule has 0 aliphatic carbocycles. The first-order chi connectivity index (χ1) is 54.5. The number of fused-ring (bicyclic) bond motifs is 1. The summed E-state index contributed by atoms with van der Waals surface area (Å²) in [6, 6.07) is 9.27. The van der Waals surface area contributed by atoms with Crippen LogP contribution in [0.5, 0.6) is 5.75 Å². The van der Waals surface area contributed by atoms with E-state index in [2.05, 4.69) is 73.1 Å². The number of hydrogen-bond donors (Lipinski definition) is 17. The number of guanidine groups is 1. The molecule has 5 heterocycles. The molecule has 0 unspecified atom stereocenters. The van der Waals surface area contributed by atoms with E-state index in [1.807, 2.05) is 50.2 Å². The van der Waals surface area contributed by atoms with Gasteiger partial charge in [0.2, 0.25) is 65.0 Å². The predicted octanol–water partition coefficient (Wildman–Crippen LogP) is 0.166. The fraction of sp³-hybridized carbons (Fsp3) is 0.532. The molecule has 11 amide bonds. The van der Waals surface area contributed by atoms with Crippen molar-refractivity contribution in [2.45, 2.75) is 217 Å². The molecule has 3 aliphatic heterocycles. The van der Waals surface area contributed by atoms with Gasteiger partial charge in [-0.3, -0.25) is 67.8 Å². The average molecular weight is 1590 g/mol. The molecule has 3 saturated heterocycles. The van der Waals surface area contributed by atoms with E-state index >= 15 is 0 Å². The van der Waals surface area contributed by atoms with Gasteiger partial charge in [-0.2, -0.15) is 0 Å². The number of likely N-dealkylation sites (N-methyl/N-ethyl adjacent to an activating group) is 1. The Morgan fingerprint density at radius 1 is 0.614 bits per heavy atom. The highest BCUT2D eigenvalue weighted by molar-refractivity contribution is 6.00. The number of benzene rings is 3. The first kappa shape index (κ1) is 89.7. The summed E-state index contributed by atoms with van der Waals surface area (Å²) in [6.07, 6.45) is 8.09. The highest BCUT2D eigenvalue weighted by Crippen LogP contribution is 2.24. The van der Waals surface area contributed by atoms with Crippen molar-refractivity contribution in [2.75, 3.05) is 39.4 Å². The van der Waals surface area contributed by atoms with E-state index in [0.717, 1.165) is 11.1 Å². The van der Waals surface area contributed by atoms with Crippen LogP contribution in [0.2, 0.25) is 0 Å². The lowest BCUT2D eigenvalue weighted by Gasteiger charge is -2.31. The van der Waals surface area contributed by atoms with Gasteiger partial charge < -0.3 is 99.1 Å². The molecule has 8 rings (SSSR count). The SMILES string of the molecule is CCNC(=O)[C@@H]1CCCN1C(=O)[C@H](CCCN=C(N)N)NC(=O)[C@H](CC(C)C)NC(=O)[C@@H](CC(C)C)NC(=O)[C@H](Cc1ccc(O)cc1)NC(=O)[C@H](CO)NC(=O)[C@H](Cc1c[nH]c2ccccc12)NC(=O)[C@H](Cc1cnc[nH]1)NC(=O)[C@@H]1CCC(=O)N1.CCOC(=O)[C@H](CCc1ccccc1)N[C@@H](C)C(=O)N1CCC[C@H]1C(=O)O. The molecular weight excluding hydrogens is 1470 g/mol. The number of carbonyl (C=O) groups is 13. The van der Waals surface area contributed by atoms with Crippen LogP contribution in [-0.4, -0.2) is 235 Å². The number of aliphatic hydroxyl groups excluding tert-OH is 1. The number of nitrogens with zero attached hydrogens (tertiary/aromatic N) is 4. The minimum Gasteiger partial charge on any atom is -0.508 e. The summed E-state index contributed by atoms with van der Waals surface area (Å²) in [5, 5.41) is 58.2. The molecule has 3 aromatic carbocycles. The summed E-state index contributed by atoms with van der Waals surface area (Å²) in [5.41, 5.74) is 14.4. The normalized spacial score (nSPS) is 17.5. The van der Waals surface area contributed by atoms with E-state index in [9.17, 15) is 77.6 Å². The number of aryl methyl sites for hydroxylation is 1. The molecule has 35 nitrogen and oxygen atoms in total. The molecule has 5 aromatic rings. The number of aliphatic imine (C=N–C) groups is 1. The summed E-state index contributed by atoms with van der Waals surface area (Å²) < 4.78 is 5.14. The van der Waals surface area contributed by atoms with Gasteiger partial charge >= 0.3 is 11.9 Å². The Labute approximate surface area is 662 Å². The van der Waals surface area contributed by atoms with Crippen LogP contribution in [0, 0.1) is 11.8 Å². The van der Waals surface area contributed by atoms with Crippen LogP contribution in [0.1, 0.15) is 141 Å². The number of likely N-dealkylation sites (tertiary alicyclic amines) is 2. The van der Waals surface area contributed by atoms with E-state index in [1.165, 1.54) is 46.6 Å². The van der Waals surface area contributed by atoms with Gasteiger partial charge in [-0.05, 0) is 138 Å². The molecular formula is C79H112N18O17. The fourth-order valence-corrected chi connectivity index (χ4v) is 13.9. The molecule has 19 N–H and O–H groups in total. The monoisotopic (exact) mass is 1580 g/mol. The Kier molecular flexibility index (Phi) is 35.2. The Balaban J connectivity index is 0.000000559. The maximum atomic E-state index is 14.7. The van der Waals surface area contributed by atoms with Crippen molar-refractivity contribution in [1.82, 2.24) is 77.9 Å². The molecule has 35 heteroatoms. The number of carboxylic acids is 1. The number of nitrogens with two attached hydrogens (primary N) is 2. The van der Waals surface area contributed by atoms with Crippen LogP contribution < -0.4 is 64.6 Å². The topological polar surface area (TPSA) is 527 Å². The van der Waals surface area contributed by atoms with Crippen LogP contribution in [-0.2, 0) is 92.7 Å². The molecule has 2 aromatic heterocycles. The molecule has 3 aliphatic rings. The summed E-state index contributed by atoms with van der Waals surface area (Å²) in [5.74, 6) is -9.24. The van der Waals surface area contributed by atoms with E-state index in [1.54, 1.807) is 59.0 Å². The minimum atomic E-state index is -1.75. The number of ether oxygens (including phenoxy) is 1. The molecule has 3 fully saturated rings. The van der Waals surface area contributed by atoms with Gasteiger partial charge in [0, 0.05) is 80.9 Å². The smallest absolute Gasteiger partial charge is 0.326 e.